The summed E-state index contributed by atoms with van der Waals surface area (Å²) in [6.07, 6.45) is 13.6. The number of β-amino-alcohol motifs (C(OH)–C–C–N with tert-alkyl or cyclic N) is 1. The lowest BCUT2D eigenvalue weighted by Crippen LogP contribution is -2.59. The summed E-state index contributed by atoms with van der Waals surface area (Å²) in [6, 6.07) is 0. The summed E-state index contributed by atoms with van der Waals surface area (Å²) in [5, 5.41) is 14.0. The maximum atomic E-state index is 10.2. The summed E-state index contributed by atoms with van der Waals surface area (Å²) in [5.41, 5.74) is 0.364. The maximum Gasteiger partial charge on any atom is 0.0898 e. The van der Waals surface area contributed by atoms with Gasteiger partial charge in [0, 0.05) is 12.1 Å². The second-order valence-corrected chi connectivity index (χ2v) is 8.47. The number of aliphatic hydroxyl groups excluding tert-OH is 1. The van der Waals surface area contributed by atoms with Crippen LogP contribution in [0, 0.1) is 17.8 Å². The zero-order valence-electron chi connectivity index (χ0n) is 13.2. The SMILES string of the molecule is OC(CNC12CC3CC(CC(C3)C1)C2)COC1CCCC1. The fourth-order valence-electron chi connectivity index (χ4n) is 6.02. The number of ether oxygens (including phenoxy) is 1. The van der Waals surface area contributed by atoms with E-state index in [1.165, 1.54) is 64.2 Å². The minimum Gasteiger partial charge on any atom is -0.389 e. The van der Waals surface area contributed by atoms with Crippen molar-refractivity contribution < 1.29 is 9.84 Å². The molecule has 0 aromatic rings. The third-order valence-electron chi connectivity index (χ3n) is 6.58. The van der Waals surface area contributed by atoms with E-state index < -0.39 is 0 Å². The van der Waals surface area contributed by atoms with Gasteiger partial charge in [0.1, 0.15) is 0 Å². The average molecular weight is 293 g/mol. The number of rotatable bonds is 6. The minimum atomic E-state index is -0.335. The molecule has 4 bridgehead atoms. The van der Waals surface area contributed by atoms with Gasteiger partial charge in [0.15, 0.2) is 0 Å². The van der Waals surface area contributed by atoms with Crippen molar-refractivity contribution in [3.05, 3.63) is 0 Å². The van der Waals surface area contributed by atoms with Gasteiger partial charge in [-0.2, -0.15) is 0 Å². The Morgan fingerprint density at radius 3 is 2.14 bits per heavy atom. The van der Waals surface area contributed by atoms with E-state index in [2.05, 4.69) is 5.32 Å². The Morgan fingerprint density at radius 2 is 1.57 bits per heavy atom. The van der Waals surface area contributed by atoms with E-state index in [-0.39, 0.29) is 6.10 Å². The van der Waals surface area contributed by atoms with Crippen molar-refractivity contribution in [3.63, 3.8) is 0 Å². The lowest BCUT2D eigenvalue weighted by molar-refractivity contribution is -0.0379. The standard InChI is InChI=1S/C18H31NO2/c20-16(12-21-17-3-1-2-4-17)11-19-18-8-13-5-14(9-18)7-15(6-13)10-18/h13-17,19-20H,1-12H2. The molecule has 0 aromatic heterocycles. The first kappa shape index (κ1) is 14.5. The Balaban J connectivity index is 1.24. The van der Waals surface area contributed by atoms with Crippen LogP contribution >= 0.6 is 0 Å². The second-order valence-electron chi connectivity index (χ2n) is 8.47. The highest BCUT2D eigenvalue weighted by Gasteiger charge is 2.50. The first-order valence-corrected chi connectivity index (χ1v) is 9.25. The third kappa shape index (κ3) is 3.16. The lowest BCUT2D eigenvalue weighted by atomic mass is 9.53. The van der Waals surface area contributed by atoms with Crippen LogP contribution in [0.4, 0.5) is 0 Å². The highest BCUT2D eigenvalue weighted by Crippen LogP contribution is 2.55. The molecule has 0 spiro atoms. The van der Waals surface area contributed by atoms with E-state index in [0.717, 1.165) is 24.3 Å². The molecule has 5 saturated carbocycles. The Bertz CT molecular complexity index is 329. The molecule has 1 atom stereocenters. The Hall–Kier alpha value is -0.120. The zero-order chi connectivity index (χ0) is 14.3. The van der Waals surface area contributed by atoms with Crippen LogP contribution in [0.25, 0.3) is 0 Å². The molecule has 5 aliphatic rings. The van der Waals surface area contributed by atoms with E-state index in [9.17, 15) is 5.11 Å². The van der Waals surface area contributed by atoms with Gasteiger partial charge in [0.05, 0.1) is 18.8 Å². The first-order valence-electron chi connectivity index (χ1n) is 9.25. The van der Waals surface area contributed by atoms with Gasteiger partial charge in [-0.15, -0.1) is 0 Å². The zero-order valence-corrected chi connectivity index (χ0v) is 13.2. The molecule has 3 heteroatoms. The first-order chi connectivity index (χ1) is 10.2. The van der Waals surface area contributed by atoms with Gasteiger partial charge < -0.3 is 15.2 Å². The molecule has 0 aromatic carbocycles. The van der Waals surface area contributed by atoms with Gasteiger partial charge in [-0.3, -0.25) is 0 Å². The minimum absolute atomic E-state index is 0.335. The number of aliphatic hydroxyl groups is 1. The van der Waals surface area contributed by atoms with Crippen LogP contribution < -0.4 is 5.32 Å². The molecule has 0 saturated heterocycles. The van der Waals surface area contributed by atoms with Crippen molar-refractivity contribution >= 4 is 0 Å². The summed E-state index contributed by atoms with van der Waals surface area (Å²) in [6.45, 7) is 1.24. The summed E-state index contributed by atoms with van der Waals surface area (Å²) in [5.74, 6) is 2.90. The monoisotopic (exact) mass is 293 g/mol. The van der Waals surface area contributed by atoms with Crippen molar-refractivity contribution in [1.29, 1.82) is 0 Å². The van der Waals surface area contributed by atoms with Crippen LogP contribution in [0.15, 0.2) is 0 Å². The summed E-state index contributed by atoms with van der Waals surface area (Å²) in [4.78, 5) is 0. The van der Waals surface area contributed by atoms with Crippen LogP contribution in [0.2, 0.25) is 0 Å². The fraction of sp³-hybridized carbons (Fsp3) is 1.00. The molecule has 1 unspecified atom stereocenters. The van der Waals surface area contributed by atoms with E-state index in [1.54, 1.807) is 0 Å². The number of hydrogen-bond acceptors (Lipinski definition) is 3. The predicted molar refractivity (Wildman–Crippen MR) is 83.1 cm³/mol. The Labute approximate surface area is 128 Å². The van der Waals surface area contributed by atoms with Crippen molar-refractivity contribution in [2.75, 3.05) is 13.2 Å². The largest absolute Gasteiger partial charge is 0.389 e. The van der Waals surface area contributed by atoms with Crippen LogP contribution in [-0.2, 0) is 4.74 Å². The van der Waals surface area contributed by atoms with Crippen LogP contribution in [0.3, 0.4) is 0 Å². The molecule has 120 valence electrons. The van der Waals surface area contributed by atoms with Gasteiger partial charge in [0.2, 0.25) is 0 Å². The topological polar surface area (TPSA) is 41.5 Å². The molecule has 21 heavy (non-hydrogen) atoms. The van der Waals surface area contributed by atoms with Gasteiger partial charge in [-0.25, -0.2) is 0 Å². The maximum absolute atomic E-state index is 10.2. The average Bonchev–Trinajstić information content (AvgIpc) is 2.95. The molecule has 5 fully saturated rings. The molecule has 0 aliphatic heterocycles. The van der Waals surface area contributed by atoms with Crippen LogP contribution in [0.1, 0.15) is 64.2 Å². The van der Waals surface area contributed by atoms with Crippen molar-refractivity contribution in [2.45, 2.75) is 82.0 Å². The van der Waals surface area contributed by atoms with Crippen LogP contribution in [0.5, 0.6) is 0 Å². The van der Waals surface area contributed by atoms with E-state index >= 15 is 0 Å². The molecule has 0 radical (unpaired) electrons. The van der Waals surface area contributed by atoms with Crippen LogP contribution in [-0.4, -0.2) is 36.0 Å². The fourth-order valence-corrected chi connectivity index (χ4v) is 6.02. The summed E-state index contributed by atoms with van der Waals surface area (Å²) >= 11 is 0. The molecule has 5 rings (SSSR count). The lowest BCUT2D eigenvalue weighted by Gasteiger charge is -2.57. The molecule has 0 heterocycles. The van der Waals surface area contributed by atoms with Gasteiger partial charge in [0.25, 0.3) is 0 Å². The molecular weight excluding hydrogens is 262 g/mol. The highest BCUT2D eigenvalue weighted by molar-refractivity contribution is 5.06. The molecule has 5 aliphatic carbocycles. The quantitative estimate of drug-likeness (QED) is 0.791. The normalized spacial score (nSPS) is 43.6. The smallest absolute Gasteiger partial charge is 0.0898 e. The van der Waals surface area contributed by atoms with Crippen molar-refractivity contribution in [2.24, 2.45) is 17.8 Å². The molecular formula is C18H31NO2. The van der Waals surface area contributed by atoms with Gasteiger partial charge in [-0.1, -0.05) is 12.8 Å². The van der Waals surface area contributed by atoms with E-state index in [4.69, 9.17) is 4.74 Å². The highest BCUT2D eigenvalue weighted by atomic mass is 16.5. The summed E-state index contributed by atoms with van der Waals surface area (Å²) < 4.78 is 5.85. The van der Waals surface area contributed by atoms with E-state index in [1.807, 2.05) is 0 Å². The number of nitrogens with one attached hydrogen (secondary N) is 1. The molecule has 2 N–H and O–H groups in total. The molecule has 3 nitrogen and oxygen atoms in total. The third-order valence-corrected chi connectivity index (χ3v) is 6.58. The van der Waals surface area contributed by atoms with E-state index in [0.29, 0.717) is 18.2 Å². The second kappa shape index (κ2) is 5.82. The van der Waals surface area contributed by atoms with Crippen molar-refractivity contribution in [1.82, 2.24) is 5.32 Å². The number of hydrogen-bond donors (Lipinski definition) is 2. The Kier molecular flexibility index (Phi) is 4.01. The van der Waals surface area contributed by atoms with Gasteiger partial charge >= 0.3 is 0 Å². The van der Waals surface area contributed by atoms with Crippen molar-refractivity contribution in [3.8, 4) is 0 Å². The molecule has 0 amide bonds. The van der Waals surface area contributed by atoms with Gasteiger partial charge in [-0.05, 0) is 69.1 Å². The predicted octanol–water partition coefficient (Wildman–Crippen LogP) is 2.86. The Morgan fingerprint density at radius 1 is 1.00 bits per heavy atom. The summed E-state index contributed by atoms with van der Waals surface area (Å²) in [7, 11) is 0.